The fourth-order valence-corrected chi connectivity index (χ4v) is 3.21. The summed E-state index contributed by atoms with van der Waals surface area (Å²) in [6, 6.07) is 3.89. The molecule has 0 unspecified atom stereocenters. The molecule has 1 aliphatic heterocycles. The van der Waals surface area contributed by atoms with Crippen LogP contribution in [0.1, 0.15) is 44.0 Å². The van der Waals surface area contributed by atoms with E-state index in [1.54, 1.807) is 25.1 Å². The van der Waals surface area contributed by atoms with Gasteiger partial charge < -0.3 is 15.1 Å². The maximum atomic E-state index is 12.1. The van der Waals surface area contributed by atoms with Gasteiger partial charge in [-0.05, 0) is 31.4 Å². The molecule has 0 saturated carbocycles. The average Bonchev–Trinajstić information content (AvgIpc) is 2.96. The number of nitrogens with one attached hydrogen (secondary N) is 1. The van der Waals surface area contributed by atoms with Gasteiger partial charge in [-0.25, -0.2) is 4.98 Å². The SMILES string of the molecule is CCC[C@@H]1CN(c2ccc(C(=O)N(C)CC)cn2)C[C@H]1NC(C)=O. The first-order valence-corrected chi connectivity index (χ1v) is 8.69. The Bertz CT molecular complexity index is 573. The summed E-state index contributed by atoms with van der Waals surface area (Å²) < 4.78 is 0. The summed E-state index contributed by atoms with van der Waals surface area (Å²) in [5.74, 6) is 1.30. The van der Waals surface area contributed by atoms with Crippen molar-refractivity contribution in [2.45, 2.75) is 39.7 Å². The van der Waals surface area contributed by atoms with Gasteiger partial charge in [-0.3, -0.25) is 9.59 Å². The van der Waals surface area contributed by atoms with Crippen molar-refractivity contribution in [3.8, 4) is 0 Å². The minimum absolute atomic E-state index is 0.0134. The van der Waals surface area contributed by atoms with E-state index in [-0.39, 0.29) is 17.9 Å². The molecular weight excluding hydrogens is 304 g/mol. The van der Waals surface area contributed by atoms with Crippen LogP contribution in [0.4, 0.5) is 5.82 Å². The van der Waals surface area contributed by atoms with E-state index < -0.39 is 0 Å². The van der Waals surface area contributed by atoms with Crippen LogP contribution in [0.25, 0.3) is 0 Å². The maximum Gasteiger partial charge on any atom is 0.255 e. The predicted octanol–water partition coefficient (Wildman–Crippen LogP) is 1.91. The van der Waals surface area contributed by atoms with Crippen molar-refractivity contribution in [2.24, 2.45) is 5.92 Å². The second-order valence-electron chi connectivity index (χ2n) is 6.49. The van der Waals surface area contributed by atoms with Gasteiger partial charge in [0.05, 0.1) is 11.6 Å². The van der Waals surface area contributed by atoms with Crippen molar-refractivity contribution in [1.29, 1.82) is 0 Å². The third kappa shape index (κ3) is 4.24. The molecule has 24 heavy (non-hydrogen) atoms. The van der Waals surface area contributed by atoms with E-state index in [9.17, 15) is 9.59 Å². The minimum Gasteiger partial charge on any atom is -0.354 e. The van der Waals surface area contributed by atoms with Crippen LogP contribution in [0.5, 0.6) is 0 Å². The van der Waals surface area contributed by atoms with Crippen LogP contribution in [0.2, 0.25) is 0 Å². The van der Waals surface area contributed by atoms with Gasteiger partial charge in [0, 0.05) is 39.8 Å². The van der Waals surface area contributed by atoms with Crippen LogP contribution in [0, 0.1) is 5.92 Å². The van der Waals surface area contributed by atoms with Crippen LogP contribution >= 0.6 is 0 Å². The first-order chi connectivity index (χ1) is 11.5. The summed E-state index contributed by atoms with van der Waals surface area (Å²) in [4.78, 5) is 31.9. The van der Waals surface area contributed by atoms with Crippen LogP contribution in [-0.2, 0) is 4.79 Å². The van der Waals surface area contributed by atoms with Crippen LogP contribution in [0.3, 0.4) is 0 Å². The highest BCUT2D eigenvalue weighted by molar-refractivity contribution is 5.93. The average molecular weight is 332 g/mol. The summed E-state index contributed by atoms with van der Waals surface area (Å²) in [7, 11) is 1.78. The molecule has 6 nitrogen and oxygen atoms in total. The Hall–Kier alpha value is -2.11. The number of nitrogens with zero attached hydrogens (tertiary/aromatic N) is 3. The van der Waals surface area contributed by atoms with Gasteiger partial charge in [-0.2, -0.15) is 0 Å². The lowest BCUT2D eigenvalue weighted by Gasteiger charge is -2.19. The molecule has 2 heterocycles. The number of anilines is 1. The predicted molar refractivity (Wildman–Crippen MR) is 95.1 cm³/mol. The van der Waals surface area contributed by atoms with Crippen LogP contribution in [-0.4, -0.2) is 54.4 Å². The fraction of sp³-hybridized carbons (Fsp3) is 0.611. The molecule has 0 spiro atoms. The smallest absolute Gasteiger partial charge is 0.255 e. The highest BCUT2D eigenvalue weighted by atomic mass is 16.2. The second kappa shape index (κ2) is 8.13. The van der Waals surface area contributed by atoms with Gasteiger partial charge in [-0.1, -0.05) is 13.3 Å². The van der Waals surface area contributed by atoms with Gasteiger partial charge in [-0.15, -0.1) is 0 Å². The number of hydrogen-bond donors (Lipinski definition) is 1. The van der Waals surface area contributed by atoms with Crippen molar-refractivity contribution in [2.75, 3.05) is 31.6 Å². The lowest BCUT2D eigenvalue weighted by atomic mass is 9.98. The van der Waals surface area contributed by atoms with E-state index in [1.165, 1.54) is 0 Å². The highest BCUT2D eigenvalue weighted by Gasteiger charge is 2.33. The third-order valence-electron chi connectivity index (χ3n) is 4.63. The molecular formula is C18H28N4O2. The number of rotatable bonds is 6. The van der Waals surface area contributed by atoms with Gasteiger partial charge in [0.15, 0.2) is 0 Å². The zero-order valence-corrected chi connectivity index (χ0v) is 15.1. The van der Waals surface area contributed by atoms with Crippen molar-refractivity contribution < 1.29 is 9.59 Å². The van der Waals surface area contributed by atoms with E-state index in [2.05, 4.69) is 22.1 Å². The molecule has 2 atom stereocenters. The van der Waals surface area contributed by atoms with Gasteiger partial charge >= 0.3 is 0 Å². The van der Waals surface area contributed by atoms with Gasteiger partial charge in [0.2, 0.25) is 5.91 Å². The maximum absolute atomic E-state index is 12.1. The molecule has 2 rings (SSSR count). The lowest BCUT2D eigenvalue weighted by molar-refractivity contribution is -0.119. The summed E-state index contributed by atoms with van der Waals surface area (Å²) in [5.41, 5.74) is 0.603. The second-order valence-corrected chi connectivity index (χ2v) is 6.49. The summed E-state index contributed by atoms with van der Waals surface area (Å²) in [5, 5.41) is 3.06. The molecule has 0 bridgehead atoms. The summed E-state index contributed by atoms with van der Waals surface area (Å²) in [6.45, 7) is 7.99. The quantitative estimate of drug-likeness (QED) is 0.864. The van der Waals surface area contributed by atoms with Crippen molar-refractivity contribution in [3.05, 3.63) is 23.9 Å². The molecule has 132 valence electrons. The Morgan fingerprint density at radius 2 is 2.08 bits per heavy atom. The van der Waals surface area contributed by atoms with Crippen LogP contribution in [0.15, 0.2) is 18.3 Å². The van der Waals surface area contributed by atoms with Crippen LogP contribution < -0.4 is 10.2 Å². The first kappa shape index (κ1) is 18.2. The largest absolute Gasteiger partial charge is 0.354 e. The Morgan fingerprint density at radius 1 is 1.33 bits per heavy atom. The molecule has 1 fully saturated rings. The molecule has 0 aliphatic carbocycles. The summed E-state index contributed by atoms with van der Waals surface area (Å²) >= 11 is 0. The topological polar surface area (TPSA) is 65.5 Å². The Morgan fingerprint density at radius 3 is 2.62 bits per heavy atom. The number of carbonyl (C=O) groups is 2. The number of amides is 2. The number of aromatic nitrogens is 1. The standard InChI is InChI=1S/C18H28N4O2/c1-5-7-15-11-22(12-16(15)20-13(3)23)17-9-8-14(10-19-17)18(24)21(4)6-2/h8-10,15-16H,5-7,11-12H2,1-4H3,(H,20,23)/t15-,16-/m1/s1. The summed E-state index contributed by atoms with van der Waals surface area (Å²) in [6.07, 6.45) is 3.82. The molecule has 6 heteroatoms. The number of pyridine rings is 1. The highest BCUT2D eigenvalue weighted by Crippen LogP contribution is 2.26. The molecule has 1 aromatic rings. The van der Waals surface area contributed by atoms with E-state index >= 15 is 0 Å². The number of carbonyl (C=O) groups excluding carboxylic acids is 2. The van der Waals surface area contributed by atoms with E-state index in [4.69, 9.17) is 0 Å². The molecule has 0 aromatic carbocycles. The minimum atomic E-state index is -0.0158. The normalized spacial score (nSPS) is 20.1. The van der Waals surface area contributed by atoms with E-state index in [0.717, 1.165) is 31.7 Å². The Kier molecular flexibility index (Phi) is 6.17. The van der Waals surface area contributed by atoms with E-state index in [0.29, 0.717) is 18.0 Å². The number of hydrogen-bond acceptors (Lipinski definition) is 4. The van der Waals surface area contributed by atoms with E-state index in [1.807, 2.05) is 19.1 Å². The molecule has 1 saturated heterocycles. The van der Waals surface area contributed by atoms with Gasteiger partial charge in [0.1, 0.15) is 5.82 Å². The zero-order valence-electron chi connectivity index (χ0n) is 15.1. The van der Waals surface area contributed by atoms with Crippen molar-refractivity contribution in [1.82, 2.24) is 15.2 Å². The monoisotopic (exact) mass is 332 g/mol. The lowest BCUT2D eigenvalue weighted by Crippen LogP contribution is -2.39. The molecule has 1 aliphatic rings. The molecule has 0 radical (unpaired) electrons. The first-order valence-electron chi connectivity index (χ1n) is 8.69. The molecule has 1 aromatic heterocycles. The fourth-order valence-electron chi connectivity index (χ4n) is 3.21. The third-order valence-corrected chi connectivity index (χ3v) is 4.63. The Balaban J connectivity index is 2.08. The molecule has 2 amide bonds. The Labute approximate surface area is 144 Å². The van der Waals surface area contributed by atoms with Crippen molar-refractivity contribution in [3.63, 3.8) is 0 Å². The zero-order chi connectivity index (χ0) is 17.7. The van der Waals surface area contributed by atoms with Crippen molar-refractivity contribution >= 4 is 17.6 Å². The molecule has 1 N–H and O–H groups in total. The van der Waals surface area contributed by atoms with Gasteiger partial charge in [0.25, 0.3) is 5.91 Å².